The van der Waals surface area contributed by atoms with Crippen molar-refractivity contribution >= 4 is 17.4 Å². The van der Waals surface area contributed by atoms with Crippen LogP contribution in [0.1, 0.15) is 32.6 Å². The van der Waals surface area contributed by atoms with Gasteiger partial charge in [0.25, 0.3) is 0 Å². The predicted molar refractivity (Wildman–Crippen MR) is 62.1 cm³/mol. The first-order valence-corrected chi connectivity index (χ1v) is 5.77. The van der Waals surface area contributed by atoms with Gasteiger partial charge in [0.1, 0.15) is 17.3 Å². The summed E-state index contributed by atoms with van der Waals surface area (Å²) < 4.78 is 0. The van der Waals surface area contributed by atoms with E-state index in [1.807, 2.05) is 0 Å². The van der Waals surface area contributed by atoms with Crippen LogP contribution in [-0.4, -0.2) is 16.5 Å². The van der Waals surface area contributed by atoms with Crippen LogP contribution in [0.5, 0.6) is 0 Å². The van der Waals surface area contributed by atoms with Crippen LogP contribution in [0.25, 0.3) is 0 Å². The zero-order valence-corrected chi connectivity index (χ0v) is 9.72. The molecule has 1 aromatic rings. The quantitative estimate of drug-likeness (QED) is 0.804. The molecule has 1 aliphatic rings. The third-order valence-corrected chi connectivity index (χ3v) is 3.35. The van der Waals surface area contributed by atoms with Crippen LogP contribution in [0.3, 0.4) is 0 Å². The van der Waals surface area contributed by atoms with Crippen molar-refractivity contribution in [3.8, 4) is 0 Å². The van der Waals surface area contributed by atoms with Crippen molar-refractivity contribution in [2.45, 2.75) is 32.6 Å². The number of aromatic nitrogens is 2. The summed E-state index contributed by atoms with van der Waals surface area (Å²) in [6.07, 6.45) is 6.80. The highest BCUT2D eigenvalue weighted by molar-refractivity contribution is 6.29. The second kappa shape index (κ2) is 4.35. The molecule has 15 heavy (non-hydrogen) atoms. The van der Waals surface area contributed by atoms with E-state index < -0.39 is 0 Å². The molecule has 2 rings (SSSR count). The number of nitrogens with one attached hydrogen (secondary N) is 1. The highest BCUT2D eigenvalue weighted by Gasteiger charge is 2.28. The Morgan fingerprint density at radius 1 is 1.40 bits per heavy atom. The zero-order chi connectivity index (χ0) is 10.7. The van der Waals surface area contributed by atoms with Crippen LogP contribution >= 0.6 is 11.6 Å². The van der Waals surface area contributed by atoms with Crippen molar-refractivity contribution in [1.82, 2.24) is 9.97 Å². The second-order valence-electron chi connectivity index (χ2n) is 4.60. The van der Waals surface area contributed by atoms with E-state index in [9.17, 15) is 0 Å². The van der Waals surface area contributed by atoms with Gasteiger partial charge in [-0.2, -0.15) is 0 Å². The Kier molecular flexibility index (Phi) is 3.10. The number of hydrogen-bond acceptors (Lipinski definition) is 3. The fraction of sp³-hybridized carbons (Fsp3) is 0.636. The molecule has 4 heteroatoms. The molecule has 1 aliphatic carbocycles. The van der Waals surface area contributed by atoms with E-state index in [1.54, 1.807) is 6.07 Å². The minimum Gasteiger partial charge on any atom is -0.369 e. The average molecular weight is 226 g/mol. The molecule has 0 bridgehead atoms. The third kappa shape index (κ3) is 2.81. The molecular weight excluding hydrogens is 210 g/mol. The lowest BCUT2D eigenvalue weighted by Gasteiger charge is -2.23. The van der Waals surface area contributed by atoms with Gasteiger partial charge < -0.3 is 5.32 Å². The molecule has 0 spiro atoms. The van der Waals surface area contributed by atoms with Crippen molar-refractivity contribution in [3.05, 3.63) is 17.5 Å². The first kappa shape index (κ1) is 10.7. The number of rotatable bonds is 3. The molecule has 1 heterocycles. The van der Waals surface area contributed by atoms with Crippen molar-refractivity contribution in [2.75, 3.05) is 11.9 Å². The molecule has 0 aliphatic heterocycles. The number of anilines is 1. The van der Waals surface area contributed by atoms with Crippen LogP contribution in [0.2, 0.25) is 5.15 Å². The fourth-order valence-corrected chi connectivity index (χ4v) is 2.29. The minimum atomic E-state index is 0.428. The molecule has 82 valence electrons. The SMILES string of the molecule is CC1(CNc2cc(Cl)ncn2)CCCC1. The maximum absolute atomic E-state index is 5.78. The standard InChI is InChI=1S/C11H16ClN3/c1-11(4-2-3-5-11)7-13-10-6-9(12)14-8-15-10/h6,8H,2-5,7H2,1H3,(H,13,14,15). The van der Waals surface area contributed by atoms with Gasteiger partial charge in [-0.25, -0.2) is 9.97 Å². The van der Waals surface area contributed by atoms with Crippen LogP contribution in [0.15, 0.2) is 12.4 Å². The van der Waals surface area contributed by atoms with E-state index in [-0.39, 0.29) is 0 Å². The van der Waals surface area contributed by atoms with Crippen molar-refractivity contribution in [1.29, 1.82) is 0 Å². The third-order valence-electron chi connectivity index (χ3n) is 3.14. The molecule has 0 aromatic carbocycles. The monoisotopic (exact) mass is 225 g/mol. The van der Waals surface area contributed by atoms with E-state index in [0.717, 1.165) is 12.4 Å². The Bertz CT molecular complexity index is 334. The highest BCUT2D eigenvalue weighted by atomic mass is 35.5. The van der Waals surface area contributed by atoms with Crippen molar-refractivity contribution in [2.24, 2.45) is 5.41 Å². The number of nitrogens with zero attached hydrogens (tertiary/aromatic N) is 2. The minimum absolute atomic E-state index is 0.428. The van der Waals surface area contributed by atoms with Gasteiger partial charge in [0.15, 0.2) is 0 Å². The van der Waals surface area contributed by atoms with Crippen LogP contribution in [0, 0.1) is 5.41 Å². The topological polar surface area (TPSA) is 37.8 Å². The van der Waals surface area contributed by atoms with Gasteiger partial charge in [0, 0.05) is 12.6 Å². The first-order valence-electron chi connectivity index (χ1n) is 5.39. The Hall–Kier alpha value is -0.830. The molecule has 1 N–H and O–H groups in total. The molecule has 0 radical (unpaired) electrons. The lowest BCUT2D eigenvalue weighted by molar-refractivity contribution is 0.361. The van der Waals surface area contributed by atoms with Crippen LogP contribution < -0.4 is 5.32 Å². The fourth-order valence-electron chi connectivity index (χ4n) is 2.14. The summed E-state index contributed by atoms with van der Waals surface area (Å²) in [4.78, 5) is 7.98. The van der Waals surface area contributed by atoms with Crippen molar-refractivity contribution < 1.29 is 0 Å². The molecule has 0 atom stereocenters. The molecule has 0 amide bonds. The lowest BCUT2D eigenvalue weighted by Crippen LogP contribution is -2.23. The average Bonchev–Trinajstić information content (AvgIpc) is 2.63. The lowest BCUT2D eigenvalue weighted by atomic mass is 9.89. The van der Waals surface area contributed by atoms with Crippen LogP contribution in [0.4, 0.5) is 5.82 Å². The summed E-state index contributed by atoms with van der Waals surface area (Å²) in [5, 5.41) is 3.82. The smallest absolute Gasteiger partial charge is 0.134 e. The van der Waals surface area contributed by atoms with E-state index in [2.05, 4.69) is 22.2 Å². The predicted octanol–water partition coefficient (Wildman–Crippen LogP) is 3.12. The van der Waals surface area contributed by atoms with Crippen LogP contribution in [-0.2, 0) is 0 Å². The Morgan fingerprint density at radius 3 is 2.80 bits per heavy atom. The normalized spacial score (nSPS) is 19.1. The van der Waals surface area contributed by atoms with Crippen molar-refractivity contribution in [3.63, 3.8) is 0 Å². The van der Waals surface area contributed by atoms with E-state index in [4.69, 9.17) is 11.6 Å². The summed E-state index contributed by atoms with van der Waals surface area (Å²) >= 11 is 5.78. The summed E-state index contributed by atoms with van der Waals surface area (Å²) in [5.74, 6) is 0.822. The largest absolute Gasteiger partial charge is 0.369 e. The molecule has 0 unspecified atom stereocenters. The molecule has 3 nitrogen and oxygen atoms in total. The molecule has 1 aromatic heterocycles. The molecule has 1 saturated carbocycles. The van der Waals surface area contributed by atoms with E-state index in [1.165, 1.54) is 32.0 Å². The zero-order valence-electron chi connectivity index (χ0n) is 8.96. The molecule has 1 fully saturated rings. The Balaban J connectivity index is 1.92. The van der Waals surface area contributed by atoms with Gasteiger partial charge in [-0.1, -0.05) is 31.4 Å². The highest BCUT2D eigenvalue weighted by Crippen LogP contribution is 2.37. The number of hydrogen-bond donors (Lipinski definition) is 1. The summed E-state index contributed by atoms with van der Waals surface area (Å²) in [5.41, 5.74) is 0.428. The maximum atomic E-state index is 5.78. The maximum Gasteiger partial charge on any atom is 0.134 e. The Morgan fingerprint density at radius 2 is 2.13 bits per heavy atom. The van der Waals surface area contributed by atoms with Gasteiger partial charge in [-0.05, 0) is 18.3 Å². The van der Waals surface area contributed by atoms with E-state index in [0.29, 0.717) is 10.6 Å². The summed E-state index contributed by atoms with van der Waals surface area (Å²) in [6.45, 7) is 3.30. The van der Waals surface area contributed by atoms with Gasteiger partial charge in [-0.15, -0.1) is 0 Å². The summed E-state index contributed by atoms with van der Waals surface area (Å²) in [6, 6.07) is 1.76. The molecular formula is C11H16ClN3. The van der Waals surface area contributed by atoms with E-state index >= 15 is 0 Å². The first-order chi connectivity index (χ1) is 7.18. The van der Waals surface area contributed by atoms with Gasteiger partial charge in [0.2, 0.25) is 0 Å². The Labute approximate surface area is 95.3 Å². The summed E-state index contributed by atoms with van der Waals surface area (Å²) in [7, 11) is 0. The molecule has 0 saturated heterocycles. The number of halogens is 1. The second-order valence-corrected chi connectivity index (χ2v) is 4.98. The van der Waals surface area contributed by atoms with Gasteiger partial charge in [-0.3, -0.25) is 0 Å². The van der Waals surface area contributed by atoms with Gasteiger partial charge >= 0.3 is 0 Å². The van der Waals surface area contributed by atoms with Gasteiger partial charge in [0.05, 0.1) is 0 Å².